The third-order valence-corrected chi connectivity index (χ3v) is 4.28. The number of nitrogens with two attached hydrogens (primary N) is 1. The number of nitriles is 1. The SMILES string of the molecule is CCc1cc(-c2cc(-c3c(C)nn(CC)c3C)nc(N)c2C#N)on1. The highest BCUT2D eigenvalue weighted by Crippen LogP contribution is 2.34. The minimum Gasteiger partial charge on any atom is -0.383 e. The van der Waals surface area contributed by atoms with E-state index in [-0.39, 0.29) is 5.82 Å². The molecule has 7 heteroatoms. The van der Waals surface area contributed by atoms with Gasteiger partial charge in [0.1, 0.15) is 17.5 Å². The van der Waals surface area contributed by atoms with E-state index in [2.05, 4.69) is 21.3 Å². The van der Waals surface area contributed by atoms with Crippen molar-refractivity contribution in [3.63, 3.8) is 0 Å². The molecule has 3 aromatic heterocycles. The van der Waals surface area contributed by atoms with E-state index >= 15 is 0 Å². The van der Waals surface area contributed by atoms with Crippen molar-refractivity contribution in [3.8, 4) is 28.7 Å². The van der Waals surface area contributed by atoms with Crippen LogP contribution in [0.1, 0.15) is 36.5 Å². The van der Waals surface area contributed by atoms with Gasteiger partial charge in [0.25, 0.3) is 0 Å². The lowest BCUT2D eigenvalue weighted by atomic mass is 10.0. The maximum Gasteiger partial charge on any atom is 0.168 e. The molecule has 25 heavy (non-hydrogen) atoms. The second-order valence-corrected chi connectivity index (χ2v) is 5.82. The molecule has 3 heterocycles. The Hall–Kier alpha value is -3.14. The minimum atomic E-state index is 0.174. The molecule has 0 aromatic carbocycles. The Morgan fingerprint density at radius 1 is 1.28 bits per heavy atom. The highest BCUT2D eigenvalue weighted by atomic mass is 16.5. The summed E-state index contributed by atoms with van der Waals surface area (Å²) in [6, 6.07) is 5.77. The number of nitrogen functional groups attached to an aromatic ring is 1. The van der Waals surface area contributed by atoms with Gasteiger partial charge in [0.05, 0.1) is 17.1 Å². The lowest BCUT2D eigenvalue weighted by molar-refractivity contribution is 0.424. The Morgan fingerprint density at radius 3 is 2.60 bits per heavy atom. The quantitative estimate of drug-likeness (QED) is 0.783. The zero-order chi connectivity index (χ0) is 18.1. The molecule has 0 aliphatic heterocycles. The molecule has 7 nitrogen and oxygen atoms in total. The van der Waals surface area contributed by atoms with Gasteiger partial charge in [-0.3, -0.25) is 4.68 Å². The van der Waals surface area contributed by atoms with Crippen LogP contribution in [0.5, 0.6) is 0 Å². The fraction of sp³-hybridized carbons (Fsp3) is 0.333. The van der Waals surface area contributed by atoms with E-state index < -0.39 is 0 Å². The highest BCUT2D eigenvalue weighted by Gasteiger charge is 2.20. The summed E-state index contributed by atoms with van der Waals surface area (Å²) < 4.78 is 7.33. The van der Waals surface area contributed by atoms with Crippen molar-refractivity contribution in [1.29, 1.82) is 5.26 Å². The first-order valence-electron chi connectivity index (χ1n) is 8.21. The molecule has 0 radical (unpaired) electrons. The Kier molecular flexibility index (Phi) is 4.28. The molecular weight excluding hydrogens is 316 g/mol. The van der Waals surface area contributed by atoms with Crippen molar-refractivity contribution < 1.29 is 4.52 Å². The van der Waals surface area contributed by atoms with Gasteiger partial charge in [-0.05, 0) is 33.3 Å². The molecule has 0 bridgehead atoms. The van der Waals surface area contributed by atoms with E-state index in [1.807, 2.05) is 44.5 Å². The molecule has 0 unspecified atom stereocenters. The van der Waals surface area contributed by atoms with Crippen molar-refractivity contribution in [3.05, 3.63) is 34.8 Å². The third-order valence-electron chi connectivity index (χ3n) is 4.28. The van der Waals surface area contributed by atoms with E-state index in [1.54, 1.807) is 0 Å². The van der Waals surface area contributed by atoms with Gasteiger partial charge in [-0.1, -0.05) is 12.1 Å². The molecule has 128 valence electrons. The van der Waals surface area contributed by atoms with Crippen LogP contribution in [0.2, 0.25) is 0 Å². The van der Waals surface area contributed by atoms with Crippen molar-refractivity contribution >= 4 is 5.82 Å². The summed E-state index contributed by atoms with van der Waals surface area (Å²) in [6.45, 7) is 8.74. The van der Waals surface area contributed by atoms with Crippen LogP contribution in [0.4, 0.5) is 5.82 Å². The lowest BCUT2D eigenvalue weighted by Crippen LogP contribution is -2.01. The predicted octanol–water partition coefficient (Wildman–Crippen LogP) is 3.25. The van der Waals surface area contributed by atoms with Crippen LogP contribution >= 0.6 is 0 Å². The first kappa shape index (κ1) is 16.7. The van der Waals surface area contributed by atoms with Gasteiger partial charge < -0.3 is 10.3 Å². The zero-order valence-electron chi connectivity index (χ0n) is 14.8. The van der Waals surface area contributed by atoms with Crippen LogP contribution in [0, 0.1) is 25.2 Å². The Labute approximate surface area is 146 Å². The number of hydrogen-bond acceptors (Lipinski definition) is 6. The number of anilines is 1. The van der Waals surface area contributed by atoms with Crippen molar-refractivity contribution in [2.75, 3.05) is 5.73 Å². The van der Waals surface area contributed by atoms with Crippen LogP contribution in [0.3, 0.4) is 0 Å². The van der Waals surface area contributed by atoms with Crippen LogP contribution in [0.15, 0.2) is 16.7 Å². The molecule has 0 aliphatic rings. The maximum absolute atomic E-state index is 9.49. The van der Waals surface area contributed by atoms with Gasteiger partial charge in [0, 0.05) is 29.4 Å². The average molecular weight is 336 g/mol. The van der Waals surface area contributed by atoms with Crippen molar-refractivity contribution in [2.45, 2.75) is 40.7 Å². The summed E-state index contributed by atoms with van der Waals surface area (Å²) in [4.78, 5) is 4.44. The van der Waals surface area contributed by atoms with Gasteiger partial charge in [0.15, 0.2) is 5.76 Å². The molecule has 0 aliphatic carbocycles. The molecule has 0 atom stereocenters. The molecule has 0 spiro atoms. The largest absolute Gasteiger partial charge is 0.383 e. The first-order chi connectivity index (χ1) is 12.0. The number of rotatable bonds is 4. The smallest absolute Gasteiger partial charge is 0.168 e. The van der Waals surface area contributed by atoms with Gasteiger partial charge in [-0.15, -0.1) is 0 Å². The number of aromatic nitrogens is 4. The number of nitrogens with zero attached hydrogens (tertiary/aromatic N) is 5. The summed E-state index contributed by atoms with van der Waals surface area (Å²) in [5.41, 5.74) is 11.3. The highest BCUT2D eigenvalue weighted by molar-refractivity contribution is 5.79. The standard InChI is InChI=1S/C18H20N6O/c1-5-12-7-16(25-23-12)13-8-15(21-18(20)14(13)9-19)17-10(3)22-24(6-2)11(17)4/h7-8H,5-6H2,1-4H3,(H2,20,21). The second kappa shape index (κ2) is 6.40. The monoisotopic (exact) mass is 336 g/mol. The number of hydrogen-bond donors (Lipinski definition) is 1. The lowest BCUT2D eigenvalue weighted by Gasteiger charge is -2.08. The number of pyridine rings is 1. The maximum atomic E-state index is 9.49. The van der Waals surface area contributed by atoms with E-state index in [9.17, 15) is 5.26 Å². The molecule has 0 fully saturated rings. The molecule has 0 saturated carbocycles. The fourth-order valence-corrected chi connectivity index (χ4v) is 2.99. The molecule has 0 saturated heterocycles. The van der Waals surface area contributed by atoms with Crippen LogP contribution in [-0.4, -0.2) is 19.9 Å². The summed E-state index contributed by atoms with van der Waals surface area (Å²) in [5, 5.41) is 18.0. The van der Waals surface area contributed by atoms with E-state index in [1.165, 1.54) is 0 Å². The minimum absolute atomic E-state index is 0.174. The van der Waals surface area contributed by atoms with Crippen molar-refractivity contribution in [1.82, 2.24) is 19.9 Å². The average Bonchev–Trinajstić information content (AvgIpc) is 3.18. The van der Waals surface area contributed by atoms with Gasteiger partial charge in [0.2, 0.25) is 0 Å². The van der Waals surface area contributed by atoms with E-state index in [0.29, 0.717) is 22.6 Å². The van der Waals surface area contributed by atoms with Crippen molar-refractivity contribution in [2.24, 2.45) is 0 Å². The Balaban J connectivity index is 2.24. The summed E-state index contributed by atoms with van der Waals surface area (Å²) in [5.74, 6) is 0.689. The molecule has 2 N–H and O–H groups in total. The van der Waals surface area contributed by atoms with Gasteiger partial charge in [-0.2, -0.15) is 10.4 Å². The first-order valence-corrected chi connectivity index (χ1v) is 8.21. The summed E-state index contributed by atoms with van der Waals surface area (Å²) >= 11 is 0. The molecule has 3 rings (SSSR count). The van der Waals surface area contributed by atoms with Gasteiger partial charge >= 0.3 is 0 Å². The predicted molar refractivity (Wildman–Crippen MR) is 94.6 cm³/mol. The summed E-state index contributed by atoms with van der Waals surface area (Å²) in [7, 11) is 0. The van der Waals surface area contributed by atoms with E-state index in [0.717, 1.165) is 35.6 Å². The van der Waals surface area contributed by atoms with Crippen LogP contribution in [0.25, 0.3) is 22.6 Å². The zero-order valence-corrected chi connectivity index (χ0v) is 14.8. The second-order valence-electron chi connectivity index (χ2n) is 5.82. The summed E-state index contributed by atoms with van der Waals surface area (Å²) in [6.07, 6.45) is 0.750. The Morgan fingerprint density at radius 2 is 2.04 bits per heavy atom. The topological polar surface area (TPSA) is 107 Å². The van der Waals surface area contributed by atoms with E-state index in [4.69, 9.17) is 10.3 Å². The van der Waals surface area contributed by atoms with Gasteiger partial charge in [-0.25, -0.2) is 4.98 Å². The van der Waals surface area contributed by atoms with Crippen LogP contribution in [-0.2, 0) is 13.0 Å². The van der Waals surface area contributed by atoms with Crippen LogP contribution < -0.4 is 5.73 Å². The molecular formula is C18H20N6O. The third kappa shape index (κ3) is 2.76. The Bertz CT molecular complexity index is 976. The normalized spacial score (nSPS) is 10.8. The number of aryl methyl sites for hydroxylation is 3. The molecule has 3 aromatic rings. The molecule has 0 amide bonds. The fourth-order valence-electron chi connectivity index (χ4n) is 2.99.